The SMILES string of the molecule is CCCC(C)COC(=O)C[C@@H](CN)CC(C)C. The molecule has 0 aromatic rings. The van der Waals surface area contributed by atoms with Gasteiger partial charge in [-0.05, 0) is 37.1 Å². The summed E-state index contributed by atoms with van der Waals surface area (Å²) in [7, 11) is 0. The third kappa shape index (κ3) is 9.16. The van der Waals surface area contributed by atoms with Gasteiger partial charge >= 0.3 is 5.97 Å². The molecule has 0 rings (SSSR count). The van der Waals surface area contributed by atoms with Crippen LogP contribution >= 0.6 is 0 Å². The first-order valence-electron chi connectivity index (χ1n) is 6.85. The second kappa shape index (κ2) is 9.46. The number of nitrogens with two attached hydrogens (primary N) is 1. The zero-order valence-electron chi connectivity index (χ0n) is 11.9. The van der Waals surface area contributed by atoms with Crippen LogP contribution in [-0.4, -0.2) is 19.1 Å². The summed E-state index contributed by atoms with van der Waals surface area (Å²) in [6.45, 7) is 9.68. The van der Waals surface area contributed by atoms with Crippen molar-refractivity contribution in [1.82, 2.24) is 0 Å². The summed E-state index contributed by atoms with van der Waals surface area (Å²) >= 11 is 0. The fourth-order valence-electron chi connectivity index (χ4n) is 2.04. The van der Waals surface area contributed by atoms with Crippen LogP contribution in [0.3, 0.4) is 0 Å². The Bertz CT molecular complexity index is 204. The number of rotatable bonds is 9. The zero-order valence-corrected chi connectivity index (χ0v) is 11.9. The van der Waals surface area contributed by atoms with Crippen LogP contribution < -0.4 is 5.73 Å². The van der Waals surface area contributed by atoms with E-state index in [1.807, 2.05) is 0 Å². The summed E-state index contributed by atoms with van der Waals surface area (Å²) in [4.78, 5) is 11.6. The molecule has 0 spiro atoms. The predicted octanol–water partition coefficient (Wildman–Crippen LogP) is 2.98. The standard InChI is InChI=1S/C14H29NO2/c1-5-6-12(4)10-17-14(16)8-13(9-15)7-11(2)3/h11-13H,5-10,15H2,1-4H3/t12?,13-/m0/s1. The highest BCUT2D eigenvalue weighted by Crippen LogP contribution is 2.15. The molecule has 0 radical (unpaired) electrons. The van der Waals surface area contributed by atoms with Crippen LogP contribution in [-0.2, 0) is 9.53 Å². The van der Waals surface area contributed by atoms with E-state index >= 15 is 0 Å². The Morgan fingerprint density at radius 2 is 1.94 bits per heavy atom. The molecule has 0 aliphatic carbocycles. The lowest BCUT2D eigenvalue weighted by Crippen LogP contribution is -2.22. The van der Waals surface area contributed by atoms with Crippen LogP contribution in [0.2, 0.25) is 0 Å². The van der Waals surface area contributed by atoms with Crippen LogP contribution in [0.4, 0.5) is 0 Å². The smallest absolute Gasteiger partial charge is 0.306 e. The van der Waals surface area contributed by atoms with Crippen molar-refractivity contribution in [3.63, 3.8) is 0 Å². The summed E-state index contributed by atoms with van der Waals surface area (Å²) in [5, 5.41) is 0. The first-order chi connectivity index (χ1) is 7.99. The van der Waals surface area contributed by atoms with Gasteiger partial charge in [0.1, 0.15) is 0 Å². The first kappa shape index (κ1) is 16.4. The number of esters is 1. The Morgan fingerprint density at radius 1 is 1.29 bits per heavy atom. The summed E-state index contributed by atoms with van der Waals surface area (Å²) in [5.74, 6) is 1.22. The molecular formula is C14H29NO2. The average molecular weight is 243 g/mol. The van der Waals surface area contributed by atoms with Gasteiger partial charge in [0.2, 0.25) is 0 Å². The van der Waals surface area contributed by atoms with E-state index < -0.39 is 0 Å². The minimum Gasteiger partial charge on any atom is -0.465 e. The van der Waals surface area contributed by atoms with Crippen LogP contribution in [0.5, 0.6) is 0 Å². The fourth-order valence-corrected chi connectivity index (χ4v) is 2.04. The van der Waals surface area contributed by atoms with Crippen LogP contribution in [0.25, 0.3) is 0 Å². The predicted molar refractivity (Wildman–Crippen MR) is 71.6 cm³/mol. The Morgan fingerprint density at radius 3 is 2.41 bits per heavy atom. The van der Waals surface area contributed by atoms with Crippen molar-refractivity contribution in [2.75, 3.05) is 13.2 Å². The maximum atomic E-state index is 11.6. The normalized spacial score (nSPS) is 14.7. The third-order valence-electron chi connectivity index (χ3n) is 2.90. The van der Waals surface area contributed by atoms with Crippen molar-refractivity contribution in [3.8, 4) is 0 Å². The number of ether oxygens (including phenoxy) is 1. The third-order valence-corrected chi connectivity index (χ3v) is 2.90. The van der Waals surface area contributed by atoms with Gasteiger partial charge in [0, 0.05) is 6.42 Å². The minimum atomic E-state index is -0.0935. The molecule has 0 heterocycles. The molecule has 0 fully saturated rings. The van der Waals surface area contributed by atoms with E-state index in [2.05, 4.69) is 27.7 Å². The average Bonchev–Trinajstić information content (AvgIpc) is 2.25. The van der Waals surface area contributed by atoms with Gasteiger partial charge in [-0.15, -0.1) is 0 Å². The van der Waals surface area contributed by atoms with Gasteiger partial charge in [0.25, 0.3) is 0 Å². The van der Waals surface area contributed by atoms with Gasteiger partial charge in [-0.1, -0.05) is 34.1 Å². The molecule has 0 amide bonds. The first-order valence-corrected chi connectivity index (χ1v) is 6.85. The Labute approximate surface area is 106 Å². The van der Waals surface area contributed by atoms with E-state index in [9.17, 15) is 4.79 Å². The van der Waals surface area contributed by atoms with Gasteiger partial charge in [-0.25, -0.2) is 0 Å². The topological polar surface area (TPSA) is 52.3 Å². The lowest BCUT2D eigenvalue weighted by atomic mass is 9.94. The Balaban J connectivity index is 3.82. The molecule has 0 aliphatic heterocycles. The van der Waals surface area contributed by atoms with E-state index in [-0.39, 0.29) is 11.9 Å². The second-order valence-corrected chi connectivity index (χ2v) is 5.51. The van der Waals surface area contributed by atoms with E-state index in [1.54, 1.807) is 0 Å². The molecule has 2 N–H and O–H groups in total. The van der Waals surface area contributed by atoms with Crippen LogP contribution in [0, 0.1) is 17.8 Å². The summed E-state index contributed by atoms with van der Waals surface area (Å²) < 4.78 is 5.28. The molecule has 1 unspecified atom stereocenters. The largest absolute Gasteiger partial charge is 0.465 e. The molecule has 0 aliphatic rings. The Hall–Kier alpha value is -0.570. The molecule has 3 nitrogen and oxygen atoms in total. The van der Waals surface area contributed by atoms with Gasteiger partial charge < -0.3 is 10.5 Å². The highest BCUT2D eigenvalue weighted by atomic mass is 16.5. The highest BCUT2D eigenvalue weighted by molar-refractivity contribution is 5.69. The maximum absolute atomic E-state index is 11.6. The number of hydrogen-bond acceptors (Lipinski definition) is 3. The van der Waals surface area contributed by atoms with Crippen molar-refractivity contribution in [2.45, 2.75) is 53.4 Å². The van der Waals surface area contributed by atoms with Crippen molar-refractivity contribution < 1.29 is 9.53 Å². The van der Waals surface area contributed by atoms with Crippen LogP contribution in [0.15, 0.2) is 0 Å². The van der Waals surface area contributed by atoms with Crippen LogP contribution in [0.1, 0.15) is 53.4 Å². The molecule has 2 atom stereocenters. The quantitative estimate of drug-likeness (QED) is 0.633. The lowest BCUT2D eigenvalue weighted by molar-refractivity contribution is -0.146. The monoisotopic (exact) mass is 243 g/mol. The molecule has 0 bridgehead atoms. The molecule has 3 heteroatoms. The second-order valence-electron chi connectivity index (χ2n) is 5.51. The van der Waals surface area contributed by atoms with E-state index in [4.69, 9.17) is 10.5 Å². The van der Waals surface area contributed by atoms with Crippen molar-refractivity contribution in [1.29, 1.82) is 0 Å². The van der Waals surface area contributed by atoms with E-state index in [1.165, 1.54) is 0 Å². The Kier molecular flexibility index (Phi) is 9.14. The summed E-state index contributed by atoms with van der Waals surface area (Å²) in [6.07, 6.45) is 3.71. The van der Waals surface area contributed by atoms with E-state index in [0.29, 0.717) is 31.4 Å². The molecule has 0 aromatic heterocycles. The number of carbonyl (C=O) groups excluding carboxylic acids is 1. The molecule has 0 saturated carbocycles. The molecule has 0 saturated heterocycles. The summed E-state index contributed by atoms with van der Waals surface area (Å²) in [5.41, 5.74) is 5.67. The van der Waals surface area contributed by atoms with Gasteiger partial charge in [-0.3, -0.25) is 4.79 Å². The lowest BCUT2D eigenvalue weighted by Gasteiger charge is -2.17. The molecule has 102 valence electrons. The van der Waals surface area contributed by atoms with Crippen molar-refractivity contribution >= 4 is 5.97 Å². The molecular weight excluding hydrogens is 214 g/mol. The van der Waals surface area contributed by atoms with Gasteiger partial charge in [0.05, 0.1) is 6.61 Å². The number of carbonyl (C=O) groups is 1. The highest BCUT2D eigenvalue weighted by Gasteiger charge is 2.15. The maximum Gasteiger partial charge on any atom is 0.306 e. The minimum absolute atomic E-state index is 0.0935. The van der Waals surface area contributed by atoms with Gasteiger partial charge in [-0.2, -0.15) is 0 Å². The molecule has 17 heavy (non-hydrogen) atoms. The zero-order chi connectivity index (χ0) is 13.3. The molecule has 0 aromatic carbocycles. The summed E-state index contributed by atoms with van der Waals surface area (Å²) in [6, 6.07) is 0. The van der Waals surface area contributed by atoms with Gasteiger partial charge in [0.15, 0.2) is 0 Å². The van der Waals surface area contributed by atoms with Crippen molar-refractivity contribution in [3.05, 3.63) is 0 Å². The fraction of sp³-hybridized carbons (Fsp3) is 0.929. The van der Waals surface area contributed by atoms with E-state index in [0.717, 1.165) is 19.3 Å². The number of hydrogen-bond donors (Lipinski definition) is 1. The van der Waals surface area contributed by atoms with Crippen molar-refractivity contribution in [2.24, 2.45) is 23.5 Å².